The quantitative estimate of drug-likeness (QED) is 0.0243. The van der Waals surface area contributed by atoms with Gasteiger partial charge in [-0.05, 0) is 54.6 Å². The van der Waals surface area contributed by atoms with E-state index in [1.807, 2.05) is 0 Å². The van der Waals surface area contributed by atoms with Gasteiger partial charge in [-0.3, -0.25) is 23.5 Å². The third kappa shape index (κ3) is 24.0. The molecular formula is C49H25O54S11-9. The summed E-state index contributed by atoms with van der Waals surface area (Å²) in [6.07, 6.45) is 0. The molecule has 0 aliphatic heterocycles. The molecule has 0 atom stereocenters. The van der Waals surface area contributed by atoms with E-state index in [1.165, 1.54) is 0 Å². The van der Waals surface area contributed by atoms with Crippen LogP contribution in [-0.2, 0) is 114 Å². The van der Waals surface area contributed by atoms with E-state index in [0.29, 0.717) is 78.9 Å². The summed E-state index contributed by atoms with van der Waals surface area (Å²) in [4.78, 5) is 43.1. The van der Waals surface area contributed by atoms with Gasteiger partial charge < -0.3 is 119 Å². The monoisotopic (exact) mass is 1830 g/mol. The highest BCUT2D eigenvalue weighted by atomic mass is 32.3. The molecule has 114 heavy (non-hydrogen) atoms. The third-order valence-corrected chi connectivity index (χ3v) is 16.8. The summed E-state index contributed by atoms with van der Waals surface area (Å²) in [6.45, 7) is -4.83. The van der Waals surface area contributed by atoms with Crippen LogP contribution in [0.4, 0.5) is 0 Å². The molecule has 0 saturated heterocycles. The summed E-state index contributed by atoms with van der Waals surface area (Å²) in [5, 5.41) is -3.56. The van der Waals surface area contributed by atoms with Gasteiger partial charge in [-0.2, -0.15) is 16.8 Å². The molecule has 0 saturated carbocycles. The molecule has 0 bridgehead atoms. The molecule has 620 valence electrons. The van der Waals surface area contributed by atoms with Crippen molar-refractivity contribution < 1.29 is 221 Å². The Kier molecular flexibility index (Phi) is 23.9. The average molecular weight is 1830 g/mol. The predicted molar refractivity (Wildman–Crippen MR) is 343 cm³/mol. The molecule has 9 aromatic rings. The molecule has 3 aromatic heterocycles. The zero-order valence-electron chi connectivity index (χ0n) is 53.1. The molecule has 0 amide bonds. The standard InChI is InChI=1S/C49H34O54S11/c50-41-39-33(88-9-10-89-34-16-25(95-106(59,60)61)19-37-40(34)43(52)49(103-114(83,84)85)46(92-37)22-3-6-28(98-109(68,69)70)31(13-22)100-111(74,75)76)15-24(94-105(56,57)58)17-35(39)90-44(47(41)101-112(77,78)79)20-1-4-26(96-107(62,63)64)29(11-20)86-7-8-87-32-14-23(93-104(53,54)55)18-36-38(32)42(51)48(102-113(80,81)82)45(91-36)21-2-5-27(97-108(65,66)67)30(12-21)99-110(71,72)73/h1-6,11-19H,7-10H2,(H,53,54,55)(H,56,57,58)(H,59,60,61)(H,62,63,64)(H,65,66,67)(H,68,69,70)(H,71,72,73)(H,74,75,76)(H,77,78,79)(H,80,81,82)(H,83,84,85)/p-9. The highest BCUT2D eigenvalue weighted by Gasteiger charge is 2.31. The number of hydrogen-bond acceptors (Lipinski definition) is 52. The summed E-state index contributed by atoms with van der Waals surface area (Å²) in [6, 6.07) is 5.53. The van der Waals surface area contributed by atoms with Crippen molar-refractivity contribution in [3.8, 4) is 120 Å². The Bertz CT molecular complexity index is 7040. The molecule has 54 nitrogen and oxygen atoms in total. The molecule has 6 aromatic carbocycles. The Morgan fingerprint density at radius 3 is 0.746 bits per heavy atom. The number of hydrogen-bond donors (Lipinski definition) is 2. The number of fused-ring (bicyclic) bond motifs is 3. The Balaban J connectivity index is 1.11. The molecule has 0 spiro atoms. The average Bonchev–Trinajstić information content (AvgIpc) is 0.760. The lowest BCUT2D eigenvalue weighted by Crippen LogP contribution is -2.18. The molecule has 3 heterocycles. The summed E-state index contributed by atoms with van der Waals surface area (Å²) in [7, 11) is -65.6. The largest absolute Gasteiger partial charge is 0.716 e. The maximum Gasteiger partial charge on any atom is 0.446 e. The van der Waals surface area contributed by atoms with E-state index >= 15 is 0 Å². The lowest BCUT2D eigenvalue weighted by Gasteiger charge is -2.19. The molecule has 0 aliphatic carbocycles. The summed E-state index contributed by atoms with van der Waals surface area (Å²) in [5.41, 5.74) is -12.0. The second kappa shape index (κ2) is 31.4. The maximum atomic E-state index is 14.6. The van der Waals surface area contributed by atoms with Crippen LogP contribution in [0.15, 0.2) is 119 Å². The molecular weight excluding hydrogens is 1810 g/mol. The van der Waals surface area contributed by atoms with Crippen LogP contribution in [0.25, 0.3) is 66.9 Å². The van der Waals surface area contributed by atoms with Crippen molar-refractivity contribution in [2.24, 2.45) is 0 Å². The first-order valence-corrected chi connectivity index (χ1v) is 42.3. The van der Waals surface area contributed by atoms with Crippen LogP contribution in [0.1, 0.15) is 0 Å². The van der Waals surface area contributed by atoms with Gasteiger partial charge in [-0.1, -0.05) is 0 Å². The van der Waals surface area contributed by atoms with Gasteiger partial charge in [0.2, 0.25) is 33.5 Å². The third-order valence-electron chi connectivity index (χ3n) is 12.6. The van der Waals surface area contributed by atoms with Crippen molar-refractivity contribution >= 4 is 147 Å². The van der Waals surface area contributed by atoms with Crippen molar-refractivity contribution in [2.45, 2.75) is 0 Å². The van der Waals surface area contributed by atoms with Crippen LogP contribution in [0.5, 0.6) is 86.2 Å². The van der Waals surface area contributed by atoms with E-state index in [-0.39, 0.29) is 12.1 Å². The smallest absolute Gasteiger partial charge is 0.446 e. The van der Waals surface area contributed by atoms with Gasteiger partial charge in [0.1, 0.15) is 88.1 Å². The van der Waals surface area contributed by atoms with Gasteiger partial charge in [0.15, 0.2) is 57.5 Å². The first-order chi connectivity index (χ1) is 52.0. The van der Waals surface area contributed by atoms with Crippen molar-refractivity contribution in [3.63, 3.8) is 0 Å². The van der Waals surface area contributed by atoms with Crippen LogP contribution in [-0.4, -0.2) is 169 Å². The maximum absolute atomic E-state index is 14.6. The molecule has 65 heteroatoms. The van der Waals surface area contributed by atoms with Crippen molar-refractivity contribution in [1.82, 2.24) is 0 Å². The second-order valence-corrected chi connectivity index (χ2v) is 31.4. The van der Waals surface area contributed by atoms with E-state index in [4.69, 9.17) is 32.2 Å². The first kappa shape index (κ1) is 86.9. The highest BCUT2D eigenvalue weighted by molar-refractivity contribution is 7.83. The zero-order chi connectivity index (χ0) is 85.0. The fourth-order valence-corrected chi connectivity index (χ4v) is 13.1. The van der Waals surface area contributed by atoms with E-state index in [1.54, 1.807) is 0 Å². The lowest BCUT2D eigenvalue weighted by molar-refractivity contribution is 0.214. The van der Waals surface area contributed by atoms with E-state index in [2.05, 4.69) is 46.0 Å². The molecule has 0 radical (unpaired) electrons. The normalized spacial score (nSPS) is 12.8. The summed E-state index contributed by atoms with van der Waals surface area (Å²) in [5.74, 6) is -24.7. The Hall–Kier alpha value is -11.0. The Morgan fingerprint density at radius 2 is 0.482 bits per heavy atom. The fraction of sp³-hybridized carbons (Fsp3) is 0.0816. The van der Waals surface area contributed by atoms with Gasteiger partial charge in [0, 0.05) is 53.1 Å². The van der Waals surface area contributed by atoms with Gasteiger partial charge in [-0.15, -0.1) is 0 Å². The van der Waals surface area contributed by atoms with Crippen LogP contribution < -0.4 is 81.2 Å². The number of ether oxygens (including phenoxy) is 4. The molecule has 2 N–H and O–H groups in total. The minimum atomic E-state index is -6.29. The molecule has 0 aliphatic rings. The van der Waals surface area contributed by atoms with Crippen molar-refractivity contribution in [3.05, 3.63) is 122 Å². The molecule has 0 fully saturated rings. The van der Waals surface area contributed by atoms with Gasteiger partial charge in [-0.25, -0.2) is 75.8 Å². The van der Waals surface area contributed by atoms with Crippen LogP contribution in [0, 0.1) is 0 Å². The van der Waals surface area contributed by atoms with Gasteiger partial charge in [0.25, 0.3) is 93.6 Å². The predicted octanol–water partition coefficient (Wildman–Crippen LogP) is -2.16. The van der Waals surface area contributed by atoms with Crippen LogP contribution in [0.2, 0.25) is 0 Å². The summed E-state index contributed by atoms with van der Waals surface area (Å²) < 4.78 is 471. The second-order valence-electron chi connectivity index (χ2n) is 20.5. The van der Waals surface area contributed by atoms with Crippen molar-refractivity contribution in [1.29, 1.82) is 0 Å². The molecule has 9 rings (SSSR count). The zero-order valence-corrected chi connectivity index (χ0v) is 62.1. The van der Waals surface area contributed by atoms with E-state index < -0.39 is 310 Å². The van der Waals surface area contributed by atoms with Crippen LogP contribution in [0.3, 0.4) is 0 Å². The van der Waals surface area contributed by atoms with Gasteiger partial charge in [0.05, 0.1) is 0 Å². The SMILES string of the molecule is O=c1c(OS(=O)(=O)[O-])c(-c2ccc(OS(=O)(=O)O)c(OS(=O)(=O)[O-])c2)oc2cc(OS(=O)(=O)O)cc(OCCOc3cc(-c4oc5cc(OS(=O)(=O)[O-])cc(OCCOc6cc(OS(=O)(=O)[O-])cc7oc(-c8ccc(OS(=O)(=O)[O-])c(OS(=O)(=O)[O-])c8)c(OS(=O)(=O)[O-])c(=O)c67)c5c(=O)c4OS(=O)(=O)[O-])ccc3OS(=O)(=O)[O-])c12. The minimum absolute atomic E-state index is 0.177. The minimum Gasteiger partial charge on any atom is -0.716 e. The Morgan fingerprint density at radius 1 is 0.254 bits per heavy atom. The van der Waals surface area contributed by atoms with Gasteiger partial charge >= 0.3 is 20.8 Å². The van der Waals surface area contributed by atoms with Crippen LogP contribution >= 0.6 is 0 Å². The Labute approximate surface area is 632 Å². The fourth-order valence-electron chi connectivity index (χ4n) is 9.23. The van der Waals surface area contributed by atoms with Crippen molar-refractivity contribution in [2.75, 3.05) is 26.4 Å². The molecule has 0 unspecified atom stereocenters. The number of benzene rings is 6. The number of rotatable bonds is 35. The topological polar surface area (TPSA) is 853 Å². The van der Waals surface area contributed by atoms with E-state index in [0.717, 1.165) is 0 Å². The lowest BCUT2D eigenvalue weighted by atomic mass is 10.1. The first-order valence-electron chi connectivity index (χ1n) is 27.6. The highest BCUT2D eigenvalue weighted by Crippen LogP contribution is 2.45. The summed E-state index contributed by atoms with van der Waals surface area (Å²) >= 11 is 0. The van der Waals surface area contributed by atoms with E-state index in [9.17, 15) is 157 Å².